The molecule has 0 amide bonds. The van der Waals surface area contributed by atoms with E-state index in [9.17, 15) is 13.2 Å². The number of rotatable bonds is 6. The van der Waals surface area contributed by atoms with Gasteiger partial charge in [0.2, 0.25) is 0 Å². The van der Waals surface area contributed by atoms with Crippen LogP contribution in [0.1, 0.15) is 11.1 Å². The smallest absolute Gasteiger partial charge is 0.398 e. The fourth-order valence-electron chi connectivity index (χ4n) is 5.13. The predicted molar refractivity (Wildman–Crippen MR) is 171 cm³/mol. The van der Waals surface area contributed by atoms with Crippen molar-refractivity contribution in [3.05, 3.63) is 151 Å². The highest BCUT2D eigenvalue weighted by Gasteiger charge is 2.30. The van der Waals surface area contributed by atoms with E-state index in [2.05, 4.69) is 55.1 Å². The Bertz CT molecular complexity index is 1910. The van der Waals surface area contributed by atoms with Crippen LogP contribution in [0.5, 0.6) is 0 Å². The molecule has 0 unspecified atom stereocenters. The molecule has 0 radical (unpaired) electrons. The van der Waals surface area contributed by atoms with E-state index in [1.54, 1.807) is 17.8 Å². The zero-order valence-corrected chi connectivity index (χ0v) is 23.3. The minimum Gasteiger partial charge on any atom is -0.398 e. The number of para-hydroxylation sites is 1. The molecule has 0 aliphatic heterocycles. The Morgan fingerprint density at radius 1 is 0.571 bits per heavy atom. The predicted octanol–water partition coefficient (Wildman–Crippen LogP) is 11.2. The van der Waals surface area contributed by atoms with Gasteiger partial charge < -0.3 is 5.73 Å². The molecule has 0 saturated heterocycles. The zero-order valence-electron chi connectivity index (χ0n) is 22.5. The first-order chi connectivity index (χ1) is 20.3. The largest absolute Gasteiger partial charge is 0.416 e. The second kappa shape index (κ2) is 11.3. The average Bonchev–Trinajstić information content (AvgIpc) is 3.01. The molecular weight excluding hydrogens is 547 g/mol. The second-order valence-electron chi connectivity index (χ2n) is 10.0. The number of thioether (sulfide) groups is 1. The monoisotopic (exact) mass is 573 g/mol. The zero-order chi connectivity index (χ0) is 29.3. The van der Waals surface area contributed by atoms with Crippen LogP contribution in [-0.2, 0) is 6.18 Å². The number of halogens is 3. The summed E-state index contributed by atoms with van der Waals surface area (Å²) >= 11 is 1.57. The summed E-state index contributed by atoms with van der Waals surface area (Å²) in [5.41, 5.74) is 12.8. The third kappa shape index (κ3) is 5.56. The van der Waals surface area contributed by atoms with Gasteiger partial charge in [0, 0.05) is 15.5 Å². The highest BCUT2D eigenvalue weighted by atomic mass is 32.2. The van der Waals surface area contributed by atoms with E-state index in [0.717, 1.165) is 65.7 Å². The summed E-state index contributed by atoms with van der Waals surface area (Å²) in [6.45, 7) is 4.36. The van der Waals surface area contributed by atoms with Gasteiger partial charge in [-0.2, -0.15) is 13.2 Å². The van der Waals surface area contributed by atoms with Crippen LogP contribution < -0.4 is 5.73 Å². The molecule has 1 nitrogen and oxygen atoms in total. The van der Waals surface area contributed by atoms with E-state index < -0.39 is 11.7 Å². The fraction of sp³-hybridized carbons (Fsp3) is 0.0270. The maximum absolute atomic E-state index is 13.2. The molecular formula is C37H26F3NS. The Morgan fingerprint density at radius 3 is 1.79 bits per heavy atom. The van der Waals surface area contributed by atoms with Crippen molar-refractivity contribution in [1.82, 2.24) is 0 Å². The molecule has 0 atom stereocenters. The van der Waals surface area contributed by atoms with E-state index in [-0.39, 0.29) is 0 Å². The van der Waals surface area contributed by atoms with E-state index in [0.29, 0.717) is 5.56 Å². The summed E-state index contributed by atoms with van der Waals surface area (Å²) in [5, 5.41) is 2.26. The Balaban J connectivity index is 1.27. The molecule has 0 aliphatic carbocycles. The van der Waals surface area contributed by atoms with Gasteiger partial charge in [-0.25, -0.2) is 0 Å². The number of nitrogens with two attached hydrogens (primary N) is 1. The van der Waals surface area contributed by atoms with Gasteiger partial charge in [-0.1, -0.05) is 128 Å². The van der Waals surface area contributed by atoms with Gasteiger partial charge in [-0.3, -0.25) is 0 Å². The normalized spacial score (nSPS) is 11.5. The highest BCUT2D eigenvalue weighted by molar-refractivity contribution is 8.08. The molecule has 0 bridgehead atoms. The molecule has 0 spiro atoms. The van der Waals surface area contributed by atoms with Crippen molar-refractivity contribution in [2.24, 2.45) is 0 Å². The van der Waals surface area contributed by atoms with Crippen molar-refractivity contribution in [1.29, 1.82) is 0 Å². The Morgan fingerprint density at radius 2 is 1.14 bits per heavy atom. The van der Waals surface area contributed by atoms with Crippen LogP contribution in [0, 0.1) is 0 Å². The SMILES string of the molecule is C=C(Sc1ccccc1N)c1ccc(-c2ccc(-c3ccc(-c4cccc(C(F)(F)F)c4)cc3)cc2)c2ccccc12. The molecule has 2 N–H and O–H groups in total. The van der Waals surface area contributed by atoms with E-state index in [4.69, 9.17) is 5.73 Å². The molecule has 0 aromatic heterocycles. The third-order valence-corrected chi connectivity index (χ3v) is 8.37. The van der Waals surface area contributed by atoms with Gasteiger partial charge in [0.05, 0.1) is 5.56 Å². The molecule has 6 aromatic rings. The molecule has 42 heavy (non-hydrogen) atoms. The molecule has 0 fully saturated rings. The van der Waals surface area contributed by atoms with Crippen LogP contribution in [0.15, 0.2) is 145 Å². The van der Waals surface area contributed by atoms with Crippen LogP contribution in [0.2, 0.25) is 0 Å². The highest BCUT2D eigenvalue weighted by Crippen LogP contribution is 2.41. The maximum atomic E-state index is 13.2. The number of fused-ring (bicyclic) bond motifs is 1. The van der Waals surface area contributed by atoms with Crippen molar-refractivity contribution in [2.75, 3.05) is 5.73 Å². The first-order valence-corrected chi connectivity index (χ1v) is 14.2. The van der Waals surface area contributed by atoms with Crippen molar-refractivity contribution in [2.45, 2.75) is 11.1 Å². The molecule has 0 saturated carbocycles. The summed E-state index contributed by atoms with van der Waals surface area (Å²) in [4.78, 5) is 1.91. The van der Waals surface area contributed by atoms with Crippen molar-refractivity contribution in [3.8, 4) is 33.4 Å². The maximum Gasteiger partial charge on any atom is 0.416 e. The average molecular weight is 574 g/mol. The topological polar surface area (TPSA) is 26.0 Å². The van der Waals surface area contributed by atoms with Crippen LogP contribution in [0.4, 0.5) is 18.9 Å². The molecule has 206 valence electrons. The van der Waals surface area contributed by atoms with Gasteiger partial charge in [0.15, 0.2) is 0 Å². The van der Waals surface area contributed by atoms with Gasteiger partial charge in [-0.15, -0.1) is 0 Å². The molecule has 0 heterocycles. The van der Waals surface area contributed by atoms with E-state index in [1.165, 1.54) is 12.1 Å². The first kappa shape index (κ1) is 27.4. The van der Waals surface area contributed by atoms with Crippen LogP contribution in [0.3, 0.4) is 0 Å². The quantitative estimate of drug-likeness (QED) is 0.158. The fourth-order valence-corrected chi connectivity index (χ4v) is 6.01. The molecule has 5 heteroatoms. The number of nitrogen functional groups attached to an aromatic ring is 1. The van der Waals surface area contributed by atoms with Crippen molar-refractivity contribution >= 4 is 33.1 Å². The number of anilines is 1. The second-order valence-corrected chi connectivity index (χ2v) is 11.1. The van der Waals surface area contributed by atoms with Crippen LogP contribution in [-0.4, -0.2) is 0 Å². The number of hydrogen-bond acceptors (Lipinski definition) is 2. The number of alkyl halides is 3. The van der Waals surface area contributed by atoms with E-state index in [1.807, 2.05) is 60.7 Å². The number of hydrogen-bond donors (Lipinski definition) is 1. The first-order valence-electron chi connectivity index (χ1n) is 13.4. The van der Waals surface area contributed by atoms with Gasteiger partial charge in [0.25, 0.3) is 0 Å². The Hall–Kier alpha value is -4.74. The standard InChI is InChI=1S/C37H26F3NS/c1-24(42-36-12-5-4-11-35(36)41)31-21-22-32(34-10-3-2-9-33(31)34)28-19-17-26(18-20-28)25-13-15-27(16-14-25)29-7-6-8-30(23-29)37(38,39)40/h2-23H,1,41H2. The Labute approximate surface area is 247 Å². The molecule has 0 aliphatic rings. The van der Waals surface area contributed by atoms with Gasteiger partial charge >= 0.3 is 6.18 Å². The lowest BCUT2D eigenvalue weighted by atomic mass is 9.93. The minimum atomic E-state index is -4.37. The van der Waals surface area contributed by atoms with Crippen LogP contribution >= 0.6 is 11.8 Å². The van der Waals surface area contributed by atoms with Crippen molar-refractivity contribution in [3.63, 3.8) is 0 Å². The lowest BCUT2D eigenvalue weighted by molar-refractivity contribution is -0.137. The summed E-state index contributed by atoms with van der Waals surface area (Å²) in [6, 6.07) is 41.7. The van der Waals surface area contributed by atoms with Gasteiger partial charge in [0.1, 0.15) is 0 Å². The summed E-state index contributed by atoms with van der Waals surface area (Å²) in [6.07, 6.45) is -4.37. The lowest BCUT2D eigenvalue weighted by Gasteiger charge is -2.14. The van der Waals surface area contributed by atoms with Crippen LogP contribution in [0.25, 0.3) is 49.1 Å². The van der Waals surface area contributed by atoms with Crippen molar-refractivity contribution < 1.29 is 13.2 Å². The lowest BCUT2D eigenvalue weighted by Crippen LogP contribution is -2.04. The number of benzene rings is 6. The summed E-state index contributed by atoms with van der Waals surface area (Å²) < 4.78 is 39.5. The van der Waals surface area contributed by atoms with Gasteiger partial charge in [-0.05, 0) is 74.0 Å². The minimum absolute atomic E-state index is 0.537. The van der Waals surface area contributed by atoms with E-state index >= 15 is 0 Å². The third-order valence-electron chi connectivity index (χ3n) is 7.31. The molecule has 6 rings (SSSR count). The Kier molecular flexibility index (Phi) is 7.36. The summed E-state index contributed by atoms with van der Waals surface area (Å²) in [7, 11) is 0. The molecule has 6 aromatic carbocycles. The summed E-state index contributed by atoms with van der Waals surface area (Å²) in [5.74, 6) is 0.